The molecule has 2 aromatic carbocycles. The molecule has 0 aliphatic rings. The van der Waals surface area contributed by atoms with Crippen LogP contribution in [0, 0.1) is 17.5 Å². The summed E-state index contributed by atoms with van der Waals surface area (Å²) in [6, 6.07) is 4.76. The lowest BCUT2D eigenvalue weighted by molar-refractivity contribution is 0.389. The highest BCUT2D eigenvalue weighted by Crippen LogP contribution is 2.32. The molecule has 128 valence electrons. The quantitative estimate of drug-likeness (QED) is 0.450. The van der Waals surface area contributed by atoms with Gasteiger partial charge in [0.1, 0.15) is 10.7 Å². The molecule has 2 aromatic rings. The van der Waals surface area contributed by atoms with Gasteiger partial charge in [-0.25, -0.2) is 13.2 Å². The Morgan fingerprint density at radius 3 is 2.33 bits per heavy atom. The van der Waals surface area contributed by atoms with E-state index >= 15 is 0 Å². The van der Waals surface area contributed by atoms with E-state index in [4.69, 9.17) is 8.92 Å². The van der Waals surface area contributed by atoms with Gasteiger partial charge in [0.2, 0.25) is 0 Å². The normalized spacial score (nSPS) is 11.2. The maximum atomic E-state index is 13.7. The molecule has 0 radical (unpaired) electrons. The molecule has 0 heterocycles. The first kappa shape index (κ1) is 17.9. The number of benzene rings is 2. The fraction of sp³-hybridized carbons (Fsp3) is 0.125. The van der Waals surface area contributed by atoms with E-state index in [0.717, 1.165) is 5.56 Å². The van der Waals surface area contributed by atoms with Crippen LogP contribution in [0.25, 0.3) is 0 Å². The van der Waals surface area contributed by atoms with Crippen molar-refractivity contribution in [3.8, 4) is 11.5 Å². The highest BCUT2D eigenvalue weighted by atomic mass is 32.2. The van der Waals surface area contributed by atoms with Crippen LogP contribution in [0.2, 0.25) is 0 Å². The van der Waals surface area contributed by atoms with Gasteiger partial charge in [0.05, 0.1) is 7.11 Å². The second kappa shape index (κ2) is 6.96. The average Bonchev–Trinajstić information content (AvgIpc) is 2.52. The summed E-state index contributed by atoms with van der Waals surface area (Å²) in [5.74, 6) is -4.60. The number of allylic oxidation sites excluding steroid dienone is 1. The van der Waals surface area contributed by atoms with Crippen LogP contribution >= 0.6 is 0 Å². The summed E-state index contributed by atoms with van der Waals surface area (Å²) in [4.78, 5) is -1.11. The molecule has 0 amide bonds. The third kappa shape index (κ3) is 3.70. The Bertz CT molecular complexity index is 879. The third-order valence-corrected chi connectivity index (χ3v) is 4.30. The summed E-state index contributed by atoms with van der Waals surface area (Å²) in [7, 11) is -3.43. The highest BCUT2D eigenvalue weighted by molar-refractivity contribution is 7.87. The molecule has 0 spiro atoms. The Morgan fingerprint density at radius 2 is 1.71 bits per heavy atom. The predicted molar refractivity (Wildman–Crippen MR) is 81.0 cm³/mol. The summed E-state index contributed by atoms with van der Waals surface area (Å²) in [5.41, 5.74) is 0.783. The first-order valence-corrected chi connectivity index (χ1v) is 8.06. The van der Waals surface area contributed by atoms with Crippen LogP contribution in [0.4, 0.5) is 13.2 Å². The Hall–Kier alpha value is -2.48. The summed E-state index contributed by atoms with van der Waals surface area (Å²) in [6.07, 6.45) is 2.16. The zero-order valence-corrected chi connectivity index (χ0v) is 13.4. The second-order valence-electron chi connectivity index (χ2n) is 4.71. The van der Waals surface area contributed by atoms with Crippen molar-refractivity contribution in [2.75, 3.05) is 7.11 Å². The Kier molecular flexibility index (Phi) is 5.18. The van der Waals surface area contributed by atoms with Crippen LogP contribution in [0.1, 0.15) is 5.56 Å². The summed E-state index contributed by atoms with van der Waals surface area (Å²) < 4.78 is 73.9. The number of methoxy groups -OCH3 is 1. The van der Waals surface area contributed by atoms with Crippen molar-refractivity contribution in [3.63, 3.8) is 0 Å². The predicted octanol–water partition coefficient (Wildman–Crippen LogP) is 3.61. The zero-order valence-electron chi connectivity index (χ0n) is 12.6. The van der Waals surface area contributed by atoms with Gasteiger partial charge < -0.3 is 8.92 Å². The minimum atomic E-state index is -4.72. The molecule has 2 rings (SSSR count). The molecule has 0 fully saturated rings. The molecule has 0 aliphatic heterocycles. The number of ether oxygens (including phenoxy) is 1. The van der Waals surface area contributed by atoms with E-state index in [1.807, 2.05) is 0 Å². The SMILES string of the molecule is C=CCc1ccc(OS(=O)(=O)c2cc(F)c(F)cc2F)c(OC)c1. The van der Waals surface area contributed by atoms with Gasteiger partial charge in [-0.15, -0.1) is 6.58 Å². The van der Waals surface area contributed by atoms with E-state index in [1.54, 1.807) is 12.1 Å². The van der Waals surface area contributed by atoms with E-state index in [1.165, 1.54) is 19.2 Å². The highest BCUT2D eigenvalue weighted by Gasteiger charge is 2.25. The van der Waals surface area contributed by atoms with E-state index in [-0.39, 0.29) is 23.6 Å². The van der Waals surface area contributed by atoms with Gasteiger partial charge >= 0.3 is 10.1 Å². The van der Waals surface area contributed by atoms with Crippen molar-refractivity contribution < 1.29 is 30.5 Å². The largest absolute Gasteiger partial charge is 0.493 e. The molecule has 0 N–H and O–H groups in total. The van der Waals surface area contributed by atoms with Crippen molar-refractivity contribution in [1.82, 2.24) is 0 Å². The lowest BCUT2D eigenvalue weighted by Gasteiger charge is -2.12. The van der Waals surface area contributed by atoms with Crippen LogP contribution in [0.3, 0.4) is 0 Å². The van der Waals surface area contributed by atoms with Crippen LogP contribution in [0.15, 0.2) is 47.9 Å². The molecule has 0 saturated carbocycles. The van der Waals surface area contributed by atoms with Gasteiger partial charge in [0.25, 0.3) is 0 Å². The van der Waals surface area contributed by atoms with Crippen molar-refractivity contribution >= 4 is 10.1 Å². The maximum Gasteiger partial charge on any atom is 0.342 e. The Labute approximate surface area is 137 Å². The second-order valence-corrected chi connectivity index (χ2v) is 6.23. The molecule has 24 heavy (non-hydrogen) atoms. The molecule has 0 aliphatic carbocycles. The van der Waals surface area contributed by atoms with E-state index in [2.05, 4.69) is 6.58 Å². The lowest BCUT2D eigenvalue weighted by atomic mass is 10.1. The van der Waals surface area contributed by atoms with Crippen LogP contribution in [0.5, 0.6) is 11.5 Å². The first-order valence-electron chi connectivity index (χ1n) is 6.65. The minimum Gasteiger partial charge on any atom is -0.493 e. The Morgan fingerprint density at radius 1 is 1.04 bits per heavy atom. The fourth-order valence-electron chi connectivity index (χ4n) is 1.93. The van der Waals surface area contributed by atoms with Gasteiger partial charge in [-0.05, 0) is 24.1 Å². The Balaban J connectivity index is 2.43. The number of halogens is 3. The lowest BCUT2D eigenvalue weighted by Crippen LogP contribution is -2.13. The van der Waals surface area contributed by atoms with E-state index in [0.29, 0.717) is 6.42 Å². The molecule has 0 bridgehead atoms. The first-order chi connectivity index (χ1) is 11.3. The summed E-state index contributed by atoms with van der Waals surface area (Å²) in [6.45, 7) is 3.58. The molecule has 4 nitrogen and oxygen atoms in total. The minimum absolute atomic E-state index is 0.0842. The van der Waals surface area contributed by atoms with E-state index in [9.17, 15) is 21.6 Å². The summed E-state index contributed by atoms with van der Waals surface area (Å²) in [5, 5.41) is 0. The number of rotatable bonds is 6. The van der Waals surface area contributed by atoms with Crippen molar-refractivity contribution in [2.24, 2.45) is 0 Å². The summed E-state index contributed by atoms with van der Waals surface area (Å²) >= 11 is 0. The van der Waals surface area contributed by atoms with Gasteiger partial charge in [-0.3, -0.25) is 0 Å². The van der Waals surface area contributed by atoms with Crippen LogP contribution in [-0.4, -0.2) is 15.5 Å². The molecular formula is C16H13F3O4S. The maximum absolute atomic E-state index is 13.7. The van der Waals surface area contributed by atoms with Gasteiger partial charge in [0.15, 0.2) is 23.1 Å². The van der Waals surface area contributed by atoms with Gasteiger partial charge in [-0.2, -0.15) is 8.42 Å². The van der Waals surface area contributed by atoms with Gasteiger partial charge in [-0.1, -0.05) is 12.1 Å². The smallest absolute Gasteiger partial charge is 0.342 e. The topological polar surface area (TPSA) is 52.6 Å². The molecule has 0 unspecified atom stereocenters. The molecule has 8 heteroatoms. The average molecular weight is 358 g/mol. The molecule has 0 saturated heterocycles. The molecule has 0 atom stereocenters. The number of hydrogen-bond donors (Lipinski definition) is 0. The van der Waals surface area contributed by atoms with Crippen LogP contribution < -0.4 is 8.92 Å². The molecular weight excluding hydrogens is 345 g/mol. The number of hydrogen-bond acceptors (Lipinski definition) is 4. The zero-order chi connectivity index (χ0) is 17.9. The van der Waals surface area contributed by atoms with E-state index < -0.39 is 32.5 Å². The standard InChI is InChI=1S/C16H13F3O4S/c1-3-4-10-5-6-14(15(7-10)22-2)23-24(20,21)16-9-12(18)11(17)8-13(16)19/h3,5-9H,1,4H2,2H3. The van der Waals surface area contributed by atoms with Crippen molar-refractivity contribution in [2.45, 2.75) is 11.3 Å². The third-order valence-electron chi connectivity index (χ3n) is 3.05. The molecule has 0 aromatic heterocycles. The fourth-order valence-corrected chi connectivity index (χ4v) is 2.94. The van der Waals surface area contributed by atoms with Crippen molar-refractivity contribution in [1.29, 1.82) is 0 Å². The monoisotopic (exact) mass is 358 g/mol. The van der Waals surface area contributed by atoms with Gasteiger partial charge in [0, 0.05) is 12.1 Å². The van der Waals surface area contributed by atoms with Crippen molar-refractivity contribution in [3.05, 3.63) is 66.0 Å². The van der Waals surface area contributed by atoms with Crippen LogP contribution in [-0.2, 0) is 16.5 Å².